The maximum absolute atomic E-state index is 11.6. The molecular formula is C13H21N3O2. The molecule has 18 heavy (non-hydrogen) atoms. The molecule has 1 atom stereocenters. The lowest BCUT2D eigenvalue weighted by molar-refractivity contribution is -0.141. The van der Waals surface area contributed by atoms with Crippen molar-refractivity contribution in [3.63, 3.8) is 0 Å². The molecule has 0 bridgehead atoms. The Balaban J connectivity index is 1.82. The first kappa shape index (κ1) is 13.1. The molecule has 0 radical (unpaired) electrons. The number of aliphatic hydroxyl groups is 1. The van der Waals surface area contributed by atoms with E-state index in [0.29, 0.717) is 13.1 Å². The van der Waals surface area contributed by atoms with Gasteiger partial charge in [0.05, 0.1) is 0 Å². The van der Waals surface area contributed by atoms with Crippen LogP contribution in [0.4, 0.5) is 0 Å². The Bertz CT molecular complexity index is 406. The van der Waals surface area contributed by atoms with Gasteiger partial charge < -0.3 is 14.6 Å². The number of nitrogens with zero attached hydrogens (tertiary/aromatic N) is 3. The molecule has 1 aliphatic rings. The number of aryl methyl sites for hydroxylation is 1. The molecule has 5 nitrogen and oxygen atoms in total. The zero-order valence-corrected chi connectivity index (χ0v) is 11.0. The Morgan fingerprint density at radius 2 is 2.06 bits per heavy atom. The molecule has 1 amide bonds. The molecular weight excluding hydrogens is 230 g/mol. The Labute approximate surface area is 108 Å². The first-order valence-electron chi connectivity index (χ1n) is 6.36. The summed E-state index contributed by atoms with van der Waals surface area (Å²) in [5, 5.41) is 9.27. The molecule has 1 saturated heterocycles. The van der Waals surface area contributed by atoms with Gasteiger partial charge >= 0.3 is 0 Å². The van der Waals surface area contributed by atoms with E-state index in [0.717, 1.165) is 19.6 Å². The van der Waals surface area contributed by atoms with Crippen LogP contribution >= 0.6 is 0 Å². The highest BCUT2D eigenvalue weighted by Crippen LogP contribution is 2.09. The minimum Gasteiger partial charge on any atom is -0.384 e. The average molecular weight is 251 g/mol. The zero-order valence-electron chi connectivity index (χ0n) is 11.0. The second kappa shape index (κ2) is 5.54. The van der Waals surface area contributed by atoms with Gasteiger partial charge in [0.15, 0.2) is 0 Å². The second-order valence-corrected chi connectivity index (χ2v) is 4.96. The number of aromatic nitrogens is 1. The Morgan fingerprint density at radius 1 is 1.39 bits per heavy atom. The first-order chi connectivity index (χ1) is 8.56. The number of hydrogen-bond donors (Lipinski definition) is 1. The van der Waals surface area contributed by atoms with Gasteiger partial charge in [-0.25, -0.2) is 0 Å². The van der Waals surface area contributed by atoms with Crippen LogP contribution in [0.2, 0.25) is 0 Å². The number of carbonyl (C=O) groups is 1. The highest BCUT2D eigenvalue weighted by atomic mass is 16.3. The SMILES string of the molecule is CC(O)C(=O)N1CCN(Cc2ccn(C)c2)CC1. The van der Waals surface area contributed by atoms with E-state index in [4.69, 9.17) is 0 Å². The minimum atomic E-state index is -0.884. The normalized spacial score (nSPS) is 18.9. The fraction of sp³-hybridized carbons (Fsp3) is 0.615. The molecule has 0 spiro atoms. The fourth-order valence-electron chi connectivity index (χ4n) is 2.30. The van der Waals surface area contributed by atoms with E-state index in [1.807, 2.05) is 17.8 Å². The number of aliphatic hydroxyl groups excluding tert-OH is 1. The summed E-state index contributed by atoms with van der Waals surface area (Å²) >= 11 is 0. The molecule has 100 valence electrons. The van der Waals surface area contributed by atoms with Gasteiger partial charge in [0.2, 0.25) is 0 Å². The van der Waals surface area contributed by atoms with Gasteiger partial charge in [-0.3, -0.25) is 9.69 Å². The van der Waals surface area contributed by atoms with Gasteiger partial charge in [-0.1, -0.05) is 0 Å². The molecule has 1 aliphatic heterocycles. The molecule has 1 fully saturated rings. The molecule has 1 N–H and O–H groups in total. The summed E-state index contributed by atoms with van der Waals surface area (Å²) in [7, 11) is 2.02. The summed E-state index contributed by atoms with van der Waals surface area (Å²) < 4.78 is 2.04. The van der Waals surface area contributed by atoms with Crippen molar-refractivity contribution in [2.75, 3.05) is 26.2 Å². The summed E-state index contributed by atoms with van der Waals surface area (Å²) in [6.07, 6.45) is 3.28. The smallest absolute Gasteiger partial charge is 0.251 e. The van der Waals surface area contributed by atoms with E-state index in [1.54, 1.807) is 4.90 Å². The van der Waals surface area contributed by atoms with Crippen LogP contribution in [0.3, 0.4) is 0 Å². The maximum Gasteiger partial charge on any atom is 0.251 e. The lowest BCUT2D eigenvalue weighted by Gasteiger charge is -2.35. The van der Waals surface area contributed by atoms with Crippen LogP contribution in [0.25, 0.3) is 0 Å². The third-order valence-electron chi connectivity index (χ3n) is 3.34. The van der Waals surface area contributed by atoms with E-state index in [9.17, 15) is 9.90 Å². The van der Waals surface area contributed by atoms with E-state index in [-0.39, 0.29) is 5.91 Å². The highest BCUT2D eigenvalue weighted by molar-refractivity contribution is 5.80. The van der Waals surface area contributed by atoms with Crippen LogP contribution in [0.5, 0.6) is 0 Å². The van der Waals surface area contributed by atoms with Gasteiger partial charge in [-0.2, -0.15) is 0 Å². The molecule has 2 heterocycles. The van der Waals surface area contributed by atoms with Crippen LogP contribution in [0.1, 0.15) is 12.5 Å². The monoisotopic (exact) mass is 251 g/mol. The van der Waals surface area contributed by atoms with Gasteiger partial charge in [-0.15, -0.1) is 0 Å². The first-order valence-corrected chi connectivity index (χ1v) is 6.36. The predicted octanol–water partition coefficient (Wildman–Crippen LogP) is 0.0501. The molecule has 0 aliphatic carbocycles. The molecule has 0 aromatic carbocycles. The zero-order chi connectivity index (χ0) is 13.1. The summed E-state index contributed by atoms with van der Waals surface area (Å²) in [6, 6.07) is 2.12. The standard InChI is InChI=1S/C13H21N3O2/c1-11(17)13(18)16-7-5-15(6-8-16)10-12-3-4-14(2)9-12/h3-4,9,11,17H,5-8,10H2,1-2H3. The summed E-state index contributed by atoms with van der Waals surface area (Å²) in [5.74, 6) is -0.158. The van der Waals surface area contributed by atoms with E-state index in [2.05, 4.69) is 17.2 Å². The van der Waals surface area contributed by atoms with Crippen molar-refractivity contribution in [2.45, 2.75) is 19.6 Å². The van der Waals surface area contributed by atoms with Crippen molar-refractivity contribution in [1.29, 1.82) is 0 Å². The minimum absolute atomic E-state index is 0.158. The lowest BCUT2D eigenvalue weighted by Crippen LogP contribution is -2.50. The highest BCUT2D eigenvalue weighted by Gasteiger charge is 2.23. The average Bonchev–Trinajstić information content (AvgIpc) is 2.75. The Kier molecular flexibility index (Phi) is 4.04. The summed E-state index contributed by atoms with van der Waals surface area (Å²) in [6.45, 7) is 5.60. The van der Waals surface area contributed by atoms with Crippen molar-refractivity contribution in [3.05, 3.63) is 24.0 Å². The van der Waals surface area contributed by atoms with Crippen LogP contribution < -0.4 is 0 Å². The second-order valence-electron chi connectivity index (χ2n) is 4.96. The quantitative estimate of drug-likeness (QED) is 0.826. The van der Waals surface area contributed by atoms with E-state index >= 15 is 0 Å². The van der Waals surface area contributed by atoms with E-state index < -0.39 is 6.10 Å². The third kappa shape index (κ3) is 3.11. The van der Waals surface area contributed by atoms with Gasteiger partial charge in [0.1, 0.15) is 6.10 Å². The van der Waals surface area contributed by atoms with Crippen molar-refractivity contribution >= 4 is 5.91 Å². The van der Waals surface area contributed by atoms with Crippen molar-refractivity contribution < 1.29 is 9.90 Å². The largest absolute Gasteiger partial charge is 0.384 e. The lowest BCUT2D eigenvalue weighted by atomic mass is 10.2. The number of piperazine rings is 1. The molecule has 1 aromatic heterocycles. The summed E-state index contributed by atoms with van der Waals surface area (Å²) in [5.41, 5.74) is 1.30. The molecule has 2 rings (SSSR count). The molecule has 1 unspecified atom stereocenters. The van der Waals surface area contributed by atoms with Crippen LogP contribution in [-0.2, 0) is 18.4 Å². The predicted molar refractivity (Wildman–Crippen MR) is 69.0 cm³/mol. The number of amides is 1. The van der Waals surface area contributed by atoms with Gasteiger partial charge in [-0.05, 0) is 18.6 Å². The van der Waals surface area contributed by atoms with Gasteiger partial charge in [0.25, 0.3) is 5.91 Å². The number of hydrogen-bond acceptors (Lipinski definition) is 3. The van der Waals surface area contributed by atoms with E-state index in [1.165, 1.54) is 12.5 Å². The maximum atomic E-state index is 11.6. The number of carbonyl (C=O) groups excluding carboxylic acids is 1. The topological polar surface area (TPSA) is 48.7 Å². The van der Waals surface area contributed by atoms with Crippen LogP contribution in [0.15, 0.2) is 18.5 Å². The van der Waals surface area contributed by atoms with Crippen molar-refractivity contribution in [3.8, 4) is 0 Å². The Hall–Kier alpha value is -1.33. The Morgan fingerprint density at radius 3 is 2.56 bits per heavy atom. The molecule has 5 heteroatoms. The number of rotatable bonds is 3. The van der Waals surface area contributed by atoms with Crippen LogP contribution in [-0.4, -0.2) is 57.7 Å². The van der Waals surface area contributed by atoms with Crippen LogP contribution in [0, 0.1) is 0 Å². The van der Waals surface area contributed by atoms with Crippen molar-refractivity contribution in [2.24, 2.45) is 7.05 Å². The summed E-state index contributed by atoms with van der Waals surface area (Å²) in [4.78, 5) is 15.7. The van der Waals surface area contributed by atoms with Crippen molar-refractivity contribution in [1.82, 2.24) is 14.4 Å². The fourth-order valence-corrected chi connectivity index (χ4v) is 2.30. The molecule has 0 saturated carbocycles. The third-order valence-corrected chi connectivity index (χ3v) is 3.34. The molecule has 1 aromatic rings. The van der Waals surface area contributed by atoms with Gasteiger partial charge in [0, 0.05) is 52.2 Å².